The second-order valence-electron chi connectivity index (χ2n) is 8.84. The fourth-order valence-electron chi connectivity index (χ4n) is 4.26. The Morgan fingerprint density at radius 2 is 1.89 bits per heavy atom. The van der Waals surface area contributed by atoms with Gasteiger partial charge in [-0.25, -0.2) is 13.9 Å². The number of benzene rings is 3. The van der Waals surface area contributed by atoms with Crippen LogP contribution in [0.2, 0.25) is 5.02 Å². The van der Waals surface area contributed by atoms with Gasteiger partial charge in [0.1, 0.15) is 6.10 Å². The molecule has 1 N–H and O–H groups in total. The molecule has 5 rings (SSSR count). The van der Waals surface area contributed by atoms with E-state index in [2.05, 4.69) is 35.5 Å². The van der Waals surface area contributed by atoms with E-state index in [0.717, 1.165) is 17.3 Å². The number of ether oxygens (including phenoxy) is 1. The number of aryl methyl sites for hydroxylation is 1. The Labute approximate surface area is 208 Å². The van der Waals surface area contributed by atoms with Gasteiger partial charge in [0.2, 0.25) is 0 Å². The molecule has 0 aliphatic heterocycles. The number of hydrogen-bond acceptors (Lipinski definition) is 3. The lowest BCUT2D eigenvalue weighted by molar-refractivity contribution is 0.121. The largest absolute Gasteiger partial charge is 0.441 e. The number of aromatic nitrogens is 2. The van der Waals surface area contributed by atoms with E-state index in [4.69, 9.17) is 16.3 Å². The number of anilines is 1. The molecule has 35 heavy (non-hydrogen) atoms. The van der Waals surface area contributed by atoms with Crippen LogP contribution in [0.5, 0.6) is 0 Å². The summed E-state index contributed by atoms with van der Waals surface area (Å²) in [7, 11) is 0. The fraction of sp³-hybridized carbons (Fsp3) is 0.214. The zero-order valence-electron chi connectivity index (χ0n) is 19.5. The van der Waals surface area contributed by atoms with Gasteiger partial charge < -0.3 is 4.74 Å². The first kappa shape index (κ1) is 23.1. The van der Waals surface area contributed by atoms with Gasteiger partial charge in [-0.15, -0.1) is 0 Å². The number of hydrogen-bond donors (Lipinski definition) is 1. The Kier molecular flexibility index (Phi) is 6.31. The highest BCUT2D eigenvalue weighted by molar-refractivity contribution is 6.31. The van der Waals surface area contributed by atoms with Crippen LogP contribution in [0, 0.1) is 12.7 Å². The second kappa shape index (κ2) is 9.55. The Balaban J connectivity index is 1.33. The molecule has 1 aliphatic carbocycles. The molecule has 0 bridgehead atoms. The number of rotatable bonds is 6. The Morgan fingerprint density at radius 1 is 1.14 bits per heavy atom. The average Bonchev–Trinajstić information content (AvgIpc) is 3.64. The molecule has 0 unspecified atom stereocenters. The zero-order chi connectivity index (χ0) is 24.5. The monoisotopic (exact) mass is 489 g/mol. The van der Waals surface area contributed by atoms with E-state index in [1.54, 1.807) is 31.2 Å². The lowest BCUT2D eigenvalue weighted by atomic mass is 9.97. The Morgan fingerprint density at radius 3 is 2.57 bits per heavy atom. The first-order chi connectivity index (χ1) is 16.9. The van der Waals surface area contributed by atoms with Crippen LogP contribution in [0.1, 0.15) is 48.5 Å². The first-order valence-electron chi connectivity index (χ1n) is 11.6. The van der Waals surface area contributed by atoms with E-state index in [9.17, 15) is 9.18 Å². The van der Waals surface area contributed by atoms with Gasteiger partial charge in [-0.2, -0.15) is 5.10 Å². The first-order valence-corrected chi connectivity index (χ1v) is 12.0. The van der Waals surface area contributed by atoms with Gasteiger partial charge in [0.15, 0.2) is 11.6 Å². The maximum absolute atomic E-state index is 14.5. The molecule has 1 aliphatic rings. The SMILES string of the molecule is Cc1cc(C2CC2)ccc1-c1ccc(-n2ncc(F)c2NC(=O)O[C@H](C)c2ccccc2Cl)cc1. The van der Waals surface area contributed by atoms with Crippen LogP contribution >= 0.6 is 11.6 Å². The van der Waals surface area contributed by atoms with E-state index in [1.165, 1.54) is 28.7 Å². The number of nitrogens with zero attached hydrogens (tertiary/aromatic N) is 2. The molecule has 1 heterocycles. The standard InChI is InChI=1S/C28H25ClFN3O2/c1-17-15-21(19-7-8-19)11-14-23(17)20-9-12-22(13-10-20)33-27(26(30)16-31-33)32-28(34)35-18(2)24-5-3-4-6-25(24)29/h3-6,9-16,18-19H,7-8H2,1-2H3,(H,32,34)/t18-/m1/s1. The van der Waals surface area contributed by atoms with Gasteiger partial charge in [-0.3, -0.25) is 5.32 Å². The molecule has 1 saturated carbocycles. The molecule has 4 aromatic rings. The van der Waals surface area contributed by atoms with E-state index in [0.29, 0.717) is 22.2 Å². The third-order valence-electron chi connectivity index (χ3n) is 6.29. The number of carbonyl (C=O) groups excluding carboxylic acids is 1. The topological polar surface area (TPSA) is 56.2 Å². The second-order valence-corrected chi connectivity index (χ2v) is 9.25. The van der Waals surface area contributed by atoms with Crippen molar-refractivity contribution in [2.45, 2.75) is 38.7 Å². The summed E-state index contributed by atoms with van der Waals surface area (Å²) in [4.78, 5) is 12.5. The summed E-state index contributed by atoms with van der Waals surface area (Å²) in [5.74, 6) is -0.0490. The minimum Gasteiger partial charge on any atom is -0.441 e. The van der Waals surface area contributed by atoms with Gasteiger partial charge >= 0.3 is 6.09 Å². The number of nitrogens with one attached hydrogen (secondary N) is 1. The molecule has 3 aromatic carbocycles. The number of amides is 1. The van der Waals surface area contributed by atoms with Gasteiger partial charge in [-0.05, 0) is 73.1 Å². The van der Waals surface area contributed by atoms with Crippen LogP contribution < -0.4 is 5.32 Å². The third kappa shape index (κ3) is 4.93. The van der Waals surface area contributed by atoms with Gasteiger partial charge in [0, 0.05) is 10.6 Å². The van der Waals surface area contributed by atoms with Crippen molar-refractivity contribution < 1.29 is 13.9 Å². The summed E-state index contributed by atoms with van der Waals surface area (Å²) >= 11 is 6.18. The summed E-state index contributed by atoms with van der Waals surface area (Å²) < 4.78 is 21.3. The van der Waals surface area contributed by atoms with Crippen LogP contribution in [-0.4, -0.2) is 15.9 Å². The van der Waals surface area contributed by atoms with Gasteiger partial charge in [0.25, 0.3) is 0 Å². The van der Waals surface area contributed by atoms with Crippen molar-refractivity contribution in [1.82, 2.24) is 9.78 Å². The van der Waals surface area contributed by atoms with E-state index < -0.39 is 18.0 Å². The van der Waals surface area contributed by atoms with E-state index >= 15 is 0 Å². The Bertz CT molecular complexity index is 1380. The normalized spacial score (nSPS) is 13.9. The lowest BCUT2D eigenvalue weighted by Gasteiger charge is -2.16. The average molecular weight is 490 g/mol. The van der Waals surface area contributed by atoms with Crippen LogP contribution in [0.15, 0.2) is 72.9 Å². The van der Waals surface area contributed by atoms with Crippen molar-refractivity contribution in [2.75, 3.05) is 5.32 Å². The summed E-state index contributed by atoms with van der Waals surface area (Å²) in [6.45, 7) is 3.82. The van der Waals surface area contributed by atoms with Crippen LogP contribution in [0.25, 0.3) is 16.8 Å². The maximum Gasteiger partial charge on any atom is 0.413 e. The summed E-state index contributed by atoms with van der Waals surface area (Å²) in [6, 6.07) is 21.3. The van der Waals surface area contributed by atoms with Crippen molar-refractivity contribution in [3.05, 3.63) is 100 Å². The van der Waals surface area contributed by atoms with Gasteiger partial charge in [0.05, 0.1) is 11.9 Å². The Hall–Kier alpha value is -3.64. The fourth-order valence-corrected chi connectivity index (χ4v) is 4.54. The molecular formula is C28H25ClFN3O2. The number of carbonyl (C=O) groups is 1. The van der Waals surface area contributed by atoms with Crippen LogP contribution in [0.4, 0.5) is 15.0 Å². The maximum atomic E-state index is 14.5. The van der Waals surface area contributed by atoms with Crippen molar-refractivity contribution in [3.8, 4) is 16.8 Å². The highest BCUT2D eigenvalue weighted by Gasteiger charge is 2.24. The molecule has 0 saturated heterocycles. The molecule has 1 amide bonds. The third-order valence-corrected chi connectivity index (χ3v) is 6.64. The highest BCUT2D eigenvalue weighted by atomic mass is 35.5. The predicted molar refractivity (Wildman–Crippen MR) is 136 cm³/mol. The van der Waals surface area contributed by atoms with E-state index in [-0.39, 0.29) is 5.82 Å². The molecular weight excluding hydrogens is 465 g/mol. The molecule has 0 radical (unpaired) electrons. The molecule has 5 nitrogen and oxygen atoms in total. The van der Waals surface area contributed by atoms with Crippen LogP contribution in [0.3, 0.4) is 0 Å². The molecule has 1 atom stereocenters. The molecule has 1 aromatic heterocycles. The minimum absolute atomic E-state index is 0.0981. The minimum atomic E-state index is -0.805. The molecule has 7 heteroatoms. The smallest absolute Gasteiger partial charge is 0.413 e. The predicted octanol–water partition coefficient (Wildman–Crippen LogP) is 7.83. The van der Waals surface area contributed by atoms with Crippen molar-refractivity contribution in [2.24, 2.45) is 0 Å². The molecule has 178 valence electrons. The number of halogens is 2. The molecule has 1 fully saturated rings. The quantitative estimate of drug-likeness (QED) is 0.300. The van der Waals surface area contributed by atoms with Crippen molar-refractivity contribution >= 4 is 23.5 Å². The summed E-state index contributed by atoms with van der Waals surface area (Å²) in [5, 5.41) is 7.06. The van der Waals surface area contributed by atoms with E-state index in [1.807, 2.05) is 24.3 Å². The van der Waals surface area contributed by atoms with Crippen molar-refractivity contribution in [3.63, 3.8) is 0 Å². The lowest BCUT2D eigenvalue weighted by Crippen LogP contribution is -2.19. The van der Waals surface area contributed by atoms with Gasteiger partial charge in [-0.1, -0.05) is 60.1 Å². The summed E-state index contributed by atoms with van der Waals surface area (Å²) in [5.41, 5.74) is 6.12. The summed E-state index contributed by atoms with van der Waals surface area (Å²) in [6.07, 6.45) is 2.19. The van der Waals surface area contributed by atoms with Crippen LogP contribution in [-0.2, 0) is 4.74 Å². The van der Waals surface area contributed by atoms with Crippen molar-refractivity contribution in [1.29, 1.82) is 0 Å². The zero-order valence-corrected chi connectivity index (χ0v) is 20.2. The highest BCUT2D eigenvalue weighted by Crippen LogP contribution is 2.41. The molecule has 0 spiro atoms.